The second kappa shape index (κ2) is 12.4. The molecule has 4 heterocycles. The minimum absolute atomic E-state index is 0. The average Bonchev–Trinajstić information content (AvgIpc) is 3.33. The van der Waals surface area contributed by atoms with Crippen LogP contribution < -0.4 is 10.2 Å². The molecule has 0 aliphatic carbocycles. The maximum atomic E-state index is 14.7. The van der Waals surface area contributed by atoms with Crippen molar-refractivity contribution in [1.29, 1.82) is 0 Å². The Balaban J connectivity index is 0.00000231. The number of aromatic nitrogens is 2. The van der Waals surface area contributed by atoms with Crippen LogP contribution in [0.5, 0.6) is 0 Å². The number of alkyl halides is 2. The van der Waals surface area contributed by atoms with Gasteiger partial charge in [-0.2, -0.15) is 13.9 Å². The second-order valence-electron chi connectivity index (χ2n) is 11.7. The van der Waals surface area contributed by atoms with Crippen LogP contribution in [0.15, 0.2) is 24.3 Å². The van der Waals surface area contributed by atoms with Crippen LogP contribution in [-0.4, -0.2) is 76.6 Å². The number of carbonyl (C=O) groups excluding carboxylic acids is 2. The van der Waals surface area contributed by atoms with Crippen LogP contribution in [0.25, 0.3) is 0 Å². The highest BCUT2D eigenvalue weighted by molar-refractivity contribution is 5.98. The Kier molecular flexibility index (Phi) is 10.00. The third kappa shape index (κ3) is 6.48. The number of halogens is 5. The minimum atomic E-state index is -3.12. The lowest BCUT2D eigenvalue weighted by Gasteiger charge is -2.41. The van der Waals surface area contributed by atoms with Crippen LogP contribution in [0.4, 0.5) is 18.9 Å². The molecule has 0 unspecified atom stereocenters. The van der Waals surface area contributed by atoms with Crippen LogP contribution >= 0.6 is 24.8 Å². The maximum Gasteiger partial charge on any atom is 0.291 e. The molecule has 2 atom stereocenters. The normalized spacial score (nSPS) is 21.7. The summed E-state index contributed by atoms with van der Waals surface area (Å²) in [7, 11) is 0. The first kappa shape index (κ1) is 33.0. The summed E-state index contributed by atoms with van der Waals surface area (Å²) >= 11 is 0. The summed E-state index contributed by atoms with van der Waals surface area (Å²) in [6.07, 6.45) is -0.0497. The molecule has 41 heavy (non-hydrogen) atoms. The van der Waals surface area contributed by atoms with Gasteiger partial charge in [-0.25, -0.2) is 4.39 Å². The Labute approximate surface area is 250 Å². The predicted molar refractivity (Wildman–Crippen MR) is 155 cm³/mol. The van der Waals surface area contributed by atoms with Crippen LogP contribution in [-0.2, 0) is 22.7 Å². The molecule has 2 aromatic rings. The van der Waals surface area contributed by atoms with Crippen LogP contribution in [0.1, 0.15) is 67.8 Å². The van der Waals surface area contributed by atoms with Crippen LogP contribution in [0.3, 0.4) is 0 Å². The number of nitrogens with one attached hydrogen (secondary N) is 1. The van der Waals surface area contributed by atoms with E-state index >= 15 is 0 Å². The van der Waals surface area contributed by atoms with E-state index in [0.29, 0.717) is 56.1 Å². The van der Waals surface area contributed by atoms with Crippen molar-refractivity contribution in [3.05, 3.63) is 52.6 Å². The first-order valence-corrected chi connectivity index (χ1v) is 13.5. The number of carbonyl (C=O) groups is 2. The molecular weight excluding hydrogens is 580 g/mol. The van der Waals surface area contributed by atoms with Gasteiger partial charge in [0, 0.05) is 62.2 Å². The molecule has 1 aromatic heterocycles. The number of piperazine rings is 1. The summed E-state index contributed by atoms with van der Waals surface area (Å²) in [5, 5.41) is 11.4. The van der Waals surface area contributed by atoms with Gasteiger partial charge < -0.3 is 15.1 Å². The molecule has 3 aliphatic rings. The van der Waals surface area contributed by atoms with Crippen LogP contribution in [0, 0.1) is 5.82 Å². The zero-order valence-electron chi connectivity index (χ0n) is 23.6. The lowest BCUT2D eigenvalue weighted by Crippen LogP contribution is -2.60. The number of nitrogens with zero attached hydrogens (tertiary/aromatic N) is 5. The fourth-order valence-corrected chi connectivity index (χ4v) is 5.87. The zero-order chi connectivity index (χ0) is 28.1. The van der Waals surface area contributed by atoms with Crippen LogP contribution in [0.2, 0.25) is 0 Å². The number of benzene rings is 1. The maximum absolute atomic E-state index is 14.7. The molecule has 13 heteroatoms. The molecule has 1 fully saturated rings. The van der Waals surface area contributed by atoms with E-state index in [9.17, 15) is 22.8 Å². The zero-order valence-corrected chi connectivity index (χ0v) is 25.3. The molecule has 3 aliphatic heterocycles. The van der Waals surface area contributed by atoms with Crippen molar-refractivity contribution < 1.29 is 22.8 Å². The van der Waals surface area contributed by atoms with Gasteiger partial charge in [-0.15, -0.1) is 29.9 Å². The molecule has 2 amide bonds. The van der Waals surface area contributed by atoms with Crippen molar-refractivity contribution in [2.24, 2.45) is 0 Å². The Morgan fingerprint density at radius 2 is 1.93 bits per heavy atom. The van der Waals surface area contributed by atoms with Crippen molar-refractivity contribution in [2.45, 2.75) is 70.5 Å². The molecule has 1 N–H and O–H groups in total. The lowest BCUT2D eigenvalue weighted by atomic mass is 9.91. The summed E-state index contributed by atoms with van der Waals surface area (Å²) in [4.78, 5) is 32.0. The molecule has 0 saturated carbocycles. The van der Waals surface area contributed by atoms with Gasteiger partial charge in [0.05, 0.1) is 17.9 Å². The van der Waals surface area contributed by atoms with E-state index in [2.05, 4.69) is 15.5 Å². The highest BCUT2D eigenvalue weighted by Gasteiger charge is 2.44. The number of hydrogen-bond donors (Lipinski definition) is 1. The fraction of sp³-hybridized carbons (Fsp3) is 0.571. The topological polar surface area (TPSA) is 81.7 Å². The largest absolute Gasteiger partial charge is 0.333 e. The number of hydrogen-bond acceptors (Lipinski definition) is 6. The van der Waals surface area contributed by atoms with Crippen molar-refractivity contribution in [1.82, 2.24) is 25.3 Å². The molecule has 226 valence electrons. The number of rotatable bonds is 7. The monoisotopic (exact) mass is 616 g/mol. The van der Waals surface area contributed by atoms with Crippen molar-refractivity contribution in [2.75, 3.05) is 37.6 Å². The van der Waals surface area contributed by atoms with Crippen molar-refractivity contribution in [3.8, 4) is 0 Å². The quantitative estimate of drug-likeness (QED) is 0.500. The Morgan fingerprint density at radius 1 is 1.20 bits per heavy atom. The molecule has 5 rings (SSSR count). The van der Waals surface area contributed by atoms with Gasteiger partial charge in [0.15, 0.2) is 0 Å². The molecule has 0 bridgehead atoms. The average molecular weight is 618 g/mol. The predicted octanol–water partition coefficient (Wildman–Crippen LogP) is 4.29. The molecule has 1 saturated heterocycles. The molecular formula is C28H37Cl2F3N6O2. The van der Waals surface area contributed by atoms with E-state index in [4.69, 9.17) is 0 Å². The standard InChI is InChI=1S/C28H35F3N6O2.2ClH/c1-5-8-28(30,31)23-10-22-25(34-33-23)27(3,4)16-37(22)24(38)15-35-12-17(2)32-11-20(35)14-36-13-18-6-7-19(29)9-21(18)26(36)39;;/h6-7,9-10,17,20,32H,5,8,11-16H2,1-4H3;2*1H/t17-,20-;;/m1../s1. The van der Waals surface area contributed by atoms with Gasteiger partial charge >= 0.3 is 0 Å². The molecule has 1 aromatic carbocycles. The van der Waals surface area contributed by atoms with E-state index in [1.807, 2.05) is 25.7 Å². The van der Waals surface area contributed by atoms with E-state index in [1.54, 1.807) is 22.8 Å². The number of anilines is 1. The third-order valence-corrected chi connectivity index (χ3v) is 7.95. The molecule has 0 spiro atoms. The molecule has 8 nitrogen and oxygen atoms in total. The first-order valence-electron chi connectivity index (χ1n) is 13.5. The molecule has 0 radical (unpaired) electrons. The van der Waals surface area contributed by atoms with Gasteiger partial charge in [-0.1, -0.05) is 33.3 Å². The SMILES string of the molecule is CCCC(F)(F)c1cc2c(nn1)C(C)(C)CN2C(=O)CN1C[C@@H](C)NC[C@@H]1CN1Cc2ccc(F)cc2C1=O.Cl.Cl. The highest BCUT2D eigenvalue weighted by atomic mass is 35.5. The van der Waals surface area contributed by atoms with Gasteiger partial charge in [0.25, 0.3) is 11.8 Å². The number of amides is 2. The van der Waals surface area contributed by atoms with Crippen molar-refractivity contribution in [3.63, 3.8) is 0 Å². The summed E-state index contributed by atoms with van der Waals surface area (Å²) in [6, 6.07) is 5.56. The van der Waals surface area contributed by atoms with E-state index < -0.39 is 22.8 Å². The summed E-state index contributed by atoms with van der Waals surface area (Å²) in [5.74, 6) is -4.00. The first-order chi connectivity index (χ1) is 18.4. The van der Waals surface area contributed by atoms with Crippen molar-refractivity contribution >= 4 is 42.3 Å². The summed E-state index contributed by atoms with van der Waals surface area (Å²) < 4.78 is 43.1. The Morgan fingerprint density at radius 3 is 2.63 bits per heavy atom. The Bertz CT molecular complexity index is 1300. The van der Waals surface area contributed by atoms with E-state index in [-0.39, 0.29) is 61.7 Å². The highest BCUT2D eigenvalue weighted by Crippen LogP contribution is 2.42. The second-order valence-corrected chi connectivity index (χ2v) is 11.7. The lowest BCUT2D eigenvalue weighted by molar-refractivity contribution is -0.120. The van der Waals surface area contributed by atoms with Gasteiger partial charge in [0.2, 0.25) is 5.91 Å². The smallest absolute Gasteiger partial charge is 0.291 e. The minimum Gasteiger partial charge on any atom is -0.333 e. The van der Waals surface area contributed by atoms with Gasteiger partial charge in [-0.3, -0.25) is 14.5 Å². The number of fused-ring (bicyclic) bond motifs is 2. The summed E-state index contributed by atoms with van der Waals surface area (Å²) in [6.45, 7) is 9.87. The fourth-order valence-electron chi connectivity index (χ4n) is 5.87. The van der Waals surface area contributed by atoms with E-state index in [1.165, 1.54) is 18.2 Å². The van der Waals surface area contributed by atoms with Gasteiger partial charge in [0.1, 0.15) is 11.5 Å². The Hall–Kier alpha value is -2.47. The van der Waals surface area contributed by atoms with Gasteiger partial charge in [-0.05, 0) is 30.7 Å². The van der Waals surface area contributed by atoms with E-state index in [0.717, 1.165) is 5.56 Å². The summed E-state index contributed by atoms with van der Waals surface area (Å²) in [5.41, 5.74) is 1.13. The third-order valence-electron chi connectivity index (χ3n) is 7.95.